The molecule has 0 radical (unpaired) electrons. The van der Waals surface area contributed by atoms with Gasteiger partial charge in [-0.1, -0.05) is 37.2 Å². The first kappa shape index (κ1) is 22.2. The first-order valence-corrected chi connectivity index (χ1v) is 11.8. The molecule has 0 spiro atoms. The van der Waals surface area contributed by atoms with Gasteiger partial charge in [0.05, 0.1) is 16.6 Å². The number of halogens is 1. The monoisotopic (exact) mass is 470 g/mol. The highest BCUT2D eigenvalue weighted by molar-refractivity contribution is 5.89. The minimum atomic E-state index is -0.708. The number of nitrogens with zero attached hydrogens (tertiary/aromatic N) is 5. The van der Waals surface area contributed by atoms with Crippen LogP contribution in [0.15, 0.2) is 21.7 Å². The van der Waals surface area contributed by atoms with Crippen molar-refractivity contribution in [1.29, 1.82) is 0 Å². The molecule has 3 aromatic rings. The normalized spacial score (nSPS) is 17.3. The van der Waals surface area contributed by atoms with Crippen LogP contribution < -0.4 is 21.9 Å². The van der Waals surface area contributed by atoms with Gasteiger partial charge in [-0.05, 0) is 43.0 Å². The highest BCUT2D eigenvalue weighted by Gasteiger charge is 2.25. The maximum atomic E-state index is 15.1. The van der Waals surface area contributed by atoms with E-state index in [1.54, 1.807) is 10.6 Å². The minimum absolute atomic E-state index is 0.0700. The summed E-state index contributed by atoms with van der Waals surface area (Å²) in [6.45, 7) is -0.543. The Bertz CT molecular complexity index is 1300. The van der Waals surface area contributed by atoms with E-state index in [1.807, 2.05) is 0 Å². The van der Waals surface area contributed by atoms with Gasteiger partial charge in [0.15, 0.2) is 0 Å². The largest absolute Gasteiger partial charge is 0.380 e. The molecular formula is C22H27FN8O3. The van der Waals surface area contributed by atoms with Gasteiger partial charge in [-0.2, -0.15) is 5.21 Å². The maximum Gasteiger partial charge on any atom is 0.332 e. The molecule has 2 aliphatic carbocycles. The molecule has 34 heavy (non-hydrogen) atoms. The van der Waals surface area contributed by atoms with Crippen molar-refractivity contribution >= 4 is 28.4 Å². The fraction of sp³-hybridized carbons (Fsp3) is 0.545. The smallest absolute Gasteiger partial charge is 0.332 e. The van der Waals surface area contributed by atoms with Crippen molar-refractivity contribution in [3.63, 3.8) is 0 Å². The van der Waals surface area contributed by atoms with Gasteiger partial charge in [0.25, 0.3) is 11.5 Å². The van der Waals surface area contributed by atoms with E-state index < -0.39 is 29.5 Å². The second-order valence-corrected chi connectivity index (χ2v) is 9.09. The van der Waals surface area contributed by atoms with Crippen LogP contribution in [-0.4, -0.2) is 41.7 Å². The lowest BCUT2D eigenvalue weighted by molar-refractivity contribution is -0.116. The molecule has 180 valence electrons. The summed E-state index contributed by atoms with van der Waals surface area (Å²) in [5, 5.41) is 18.6. The van der Waals surface area contributed by atoms with Gasteiger partial charge < -0.3 is 5.32 Å². The molecule has 2 saturated carbocycles. The van der Waals surface area contributed by atoms with Crippen LogP contribution in [0, 0.1) is 5.82 Å². The van der Waals surface area contributed by atoms with Gasteiger partial charge in [0, 0.05) is 12.1 Å². The third-order valence-corrected chi connectivity index (χ3v) is 6.81. The quantitative estimate of drug-likeness (QED) is 0.502. The Morgan fingerprint density at radius 3 is 2.53 bits per heavy atom. The molecule has 3 N–H and O–H groups in total. The Hall–Kier alpha value is -3.57. The second kappa shape index (κ2) is 9.35. The maximum absolute atomic E-state index is 15.1. The number of benzene rings is 1. The number of anilines is 2. The molecule has 5 rings (SSSR count). The fourth-order valence-electron chi connectivity index (χ4n) is 5.15. The number of fused-ring (bicyclic) bond motifs is 1. The van der Waals surface area contributed by atoms with Crippen molar-refractivity contribution in [2.24, 2.45) is 0 Å². The summed E-state index contributed by atoms with van der Waals surface area (Å²) in [7, 11) is 0. The van der Waals surface area contributed by atoms with Crippen LogP contribution in [0.3, 0.4) is 0 Å². The molecule has 11 nitrogen and oxygen atoms in total. The molecule has 0 aliphatic heterocycles. The molecule has 0 saturated heterocycles. The summed E-state index contributed by atoms with van der Waals surface area (Å²) in [5.74, 6) is -1.27. The van der Waals surface area contributed by atoms with Crippen molar-refractivity contribution in [3.8, 4) is 0 Å². The molecule has 2 aromatic heterocycles. The molecular weight excluding hydrogens is 443 g/mol. The van der Waals surface area contributed by atoms with Crippen LogP contribution in [0.25, 0.3) is 10.9 Å². The zero-order valence-corrected chi connectivity index (χ0v) is 18.7. The Labute approximate surface area is 193 Å². The predicted molar refractivity (Wildman–Crippen MR) is 123 cm³/mol. The Morgan fingerprint density at radius 2 is 1.82 bits per heavy atom. The van der Waals surface area contributed by atoms with Crippen molar-refractivity contribution in [1.82, 2.24) is 29.8 Å². The van der Waals surface area contributed by atoms with Gasteiger partial charge in [0.2, 0.25) is 5.91 Å². The van der Waals surface area contributed by atoms with Crippen LogP contribution in [0.4, 0.5) is 16.0 Å². The van der Waals surface area contributed by atoms with E-state index in [0.717, 1.165) is 55.9 Å². The average molecular weight is 471 g/mol. The first-order chi connectivity index (χ1) is 16.5. The van der Waals surface area contributed by atoms with Gasteiger partial charge in [-0.3, -0.25) is 24.0 Å². The first-order valence-electron chi connectivity index (χ1n) is 11.8. The van der Waals surface area contributed by atoms with Crippen molar-refractivity contribution in [2.75, 3.05) is 10.6 Å². The fourth-order valence-corrected chi connectivity index (χ4v) is 5.15. The van der Waals surface area contributed by atoms with Gasteiger partial charge in [-0.25, -0.2) is 9.18 Å². The molecule has 12 heteroatoms. The number of carbonyl (C=O) groups is 1. The summed E-state index contributed by atoms with van der Waals surface area (Å²) in [4.78, 5) is 39.2. The van der Waals surface area contributed by atoms with E-state index in [0.29, 0.717) is 11.2 Å². The number of amides is 1. The molecule has 0 unspecified atom stereocenters. The van der Waals surface area contributed by atoms with Crippen molar-refractivity contribution < 1.29 is 9.18 Å². The van der Waals surface area contributed by atoms with Crippen LogP contribution in [0.5, 0.6) is 0 Å². The second-order valence-electron chi connectivity index (χ2n) is 9.09. The number of hydrogen-bond acceptors (Lipinski definition) is 7. The number of aromatic nitrogens is 6. The number of aromatic amines is 1. The van der Waals surface area contributed by atoms with Crippen LogP contribution in [0.2, 0.25) is 0 Å². The number of nitrogens with one attached hydrogen (secondary N) is 3. The highest BCUT2D eigenvalue weighted by Crippen LogP contribution is 2.32. The molecule has 2 aliphatic rings. The van der Waals surface area contributed by atoms with Crippen molar-refractivity contribution in [3.05, 3.63) is 38.8 Å². The topological polar surface area (TPSA) is 140 Å². The van der Waals surface area contributed by atoms with E-state index in [2.05, 4.69) is 31.3 Å². The number of rotatable bonds is 6. The summed E-state index contributed by atoms with van der Waals surface area (Å²) in [6.07, 6.45) is 8.78. The SMILES string of the molecule is O=C(Cn1c(=O)c2cc(F)c(NC3CCCCC3)cc2n(C2CCCC2)c1=O)Nc1nn[nH]n1. The summed E-state index contributed by atoms with van der Waals surface area (Å²) in [5.41, 5.74) is -0.586. The summed E-state index contributed by atoms with van der Waals surface area (Å²) >= 11 is 0. The van der Waals surface area contributed by atoms with Gasteiger partial charge >= 0.3 is 5.69 Å². The summed E-state index contributed by atoms with van der Waals surface area (Å²) in [6, 6.07) is 2.82. The molecule has 0 bridgehead atoms. The lowest BCUT2D eigenvalue weighted by atomic mass is 9.95. The highest BCUT2D eigenvalue weighted by atomic mass is 19.1. The lowest BCUT2D eigenvalue weighted by Gasteiger charge is -2.25. The van der Waals surface area contributed by atoms with E-state index in [9.17, 15) is 14.4 Å². The molecule has 2 heterocycles. The van der Waals surface area contributed by atoms with Crippen LogP contribution in [0.1, 0.15) is 63.8 Å². The van der Waals surface area contributed by atoms with E-state index in [1.165, 1.54) is 12.5 Å². The Kier molecular flexibility index (Phi) is 6.12. The lowest BCUT2D eigenvalue weighted by Crippen LogP contribution is -2.43. The van der Waals surface area contributed by atoms with E-state index in [-0.39, 0.29) is 23.4 Å². The van der Waals surface area contributed by atoms with Gasteiger partial charge in [0.1, 0.15) is 12.4 Å². The number of H-pyrrole nitrogens is 1. The standard InChI is InChI=1S/C22H27FN8O3/c23-16-10-15-18(11-17(16)24-13-6-2-1-3-7-13)31(14-8-4-5-9-14)22(34)30(20(15)33)12-19(32)25-21-26-28-29-27-21/h10-11,13-14,24H,1-9,12H2,(H2,25,26,27,28,29,32). The molecule has 0 atom stereocenters. The predicted octanol–water partition coefficient (Wildman–Crippen LogP) is 2.31. The van der Waals surface area contributed by atoms with Crippen molar-refractivity contribution in [2.45, 2.75) is 76.4 Å². The third-order valence-electron chi connectivity index (χ3n) is 6.81. The zero-order chi connectivity index (χ0) is 23.7. The minimum Gasteiger partial charge on any atom is -0.380 e. The number of tetrazole rings is 1. The van der Waals surface area contributed by atoms with E-state index in [4.69, 9.17) is 0 Å². The number of carbonyl (C=O) groups excluding carboxylic acids is 1. The Balaban J connectivity index is 1.58. The van der Waals surface area contributed by atoms with E-state index >= 15 is 4.39 Å². The average Bonchev–Trinajstić information content (AvgIpc) is 3.54. The van der Waals surface area contributed by atoms with Gasteiger partial charge in [-0.15, -0.1) is 5.10 Å². The van der Waals surface area contributed by atoms with Crippen LogP contribution in [-0.2, 0) is 11.3 Å². The summed E-state index contributed by atoms with van der Waals surface area (Å²) < 4.78 is 17.5. The van der Waals surface area contributed by atoms with Crippen LogP contribution >= 0.6 is 0 Å². The molecule has 1 aromatic carbocycles. The Morgan fingerprint density at radius 1 is 1.09 bits per heavy atom. The molecule has 2 fully saturated rings. The number of hydrogen-bond donors (Lipinski definition) is 3. The third kappa shape index (κ3) is 4.31. The zero-order valence-electron chi connectivity index (χ0n) is 18.7. The molecule has 1 amide bonds.